The molecule has 0 saturated heterocycles. The van der Waals surface area contributed by atoms with Gasteiger partial charge in [0, 0.05) is 6.42 Å². The molecular weight excluding hydrogens is 220 g/mol. The van der Waals surface area contributed by atoms with Crippen molar-refractivity contribution in [3.63, 3.8) is 0 Å². The molecule has 0 fully saturated rings. The first-order valence-corrected chi connectivity index (χ1v) is 6.07. The normalized spacial score (nSPS) is 10.7. The molecule has 0 bridgehead atoms. The number of benzene rings is 3. The summed E-state index contributed by atoms with van der Waals surface area (Å²) in [5, 5.41) is 12.3. The van der Waals surface area contributed by atoms with Crippen LogP contribution in [0.4, 0.5) is 0 Å². The summed E-state index contributed by atoms with van der Waals surface area (Å²) < 4.78 is 0. The molecule has 0 unspecified atom stereocenters. The fraction of sp³-hybridized carbons (Fsp3) is 0.0588. The summed E-state index contributed by atoms with van der Waals surface area (Å²) in [5.74, 6) is 0.366. The van der Waals surface area contributed by atoms with Gasteiger partial charge >= 0.3 is 0 Å². The maximum absolute atomic E-state index is 9.79. The maximum atomic E-state index is 9.79. The van der Waals surface area contributed by atoms with Gasteiger partial charge in [0.1, 0.15) is 5.75 Å². The number of hydrogen-bond acceptors (Lipinski definition) is 1. The van der Waals surface area contributed by atoms with E-state index in [1.807, 2.05) is 30.3 Å². The topological polar surface area (TPSA) is 20.2 Å². The second kappa shape index (κ2) is 4.53. The van der Waals surface area contributed by atoms with Crippen molar-refractivity contribution in [2.75, 3.05) is 0 Å². The number of fused-ring (bicyclic) bond motifs is 1. The zero-order valence-electron chi connectivity index (χ0n) is 10.0. The minimum Gasteiger partial charge on any atom is -0.508 e. The minimum absolute atomic E-state index is 0.366. The van der Waals surface area contributed by atoms with Crippen molar-refractivity contribution < 1.29 is 5.11 Å². The van der Waals surface area contributed by atoms with Crippen molar-refractivity contribution in [2.45, 2.75) is 6.42 Å². The number of phenols is 1. The molecule has 1 heteroatoms. The van der Waals surface area contributed by atoms with Crippen molar-refractivity contribution in [3.8, 4) is 5.75 Å². The quantitative estimate of drug-likeness (QED) is 0.706. The number of hydrogen-bond donors (Lipinski definition) is 1. The van der Waals surface area contributed by atoms with Gasteiger partial charge < -0.3 is 5.11 Å². The molecule has 0 amide bonds. The monoisotopic (exact) mass is 234 g/mol. The third-order valence-corrected chi connectivity index (χ3v) is 3.20. The van der Waals surface area contributed by atoms with Crippen molar-refractivity contribution in [1.29, 1.82) is 0 Å². The summed E-state index contributed by atoms with van der Waals surface area (Å²) in [6.45, 7) is 0. The largest absolute Gasteiger partial charge is 0.508 e. The van der Waals surface area contributed by atoms with Gasteiger partial charge in [-0.3, -0.25) is 0 Å². The van der Waals surface area contributed by atoms with E-state index in [2.05, 4.69) is 30.3 Å². The molecule has 3 aromatic carbocycles. The predicted octanol–water partition coefficient (Wildman–Crippen LogP) is 4.14. The van der Waals surface area contributed by atoms with E-state index in [0.29, 0.717) is 5.75 Å². The van der Waals surface area contributed by atoms with Crippen molar-refractivity contribution >= 4 is 10.8 Å². The Bertz CT molecular complexity index is 686. The van der Waals surface area contributed by atoms with E-state index in [9.17, 15) is 5.11 Å². The number of rotatable bonds is 2. The van der Waals surface area contributed by atoms with Crippen molar-refractivity contribution in [3.05, 3.63) is 77.9 Å². The lowest BCUT2D eigenvalue weighted by Gasteiger charge is -2.06. The lowest BCUT2D eigenvalue weighted by molar-refractivity contribution is 0.469. The smallest absolute Gasteiger partial charge is 0.119 e. The Balaban J connectivity index is 1.98. The lowest BCUT2D eigenvalue weighted by Crippen LogP contribution is -1.88. The summed E-state index contributed by atoms with van der Waals surface area (Å²) >= 11 is 0. The zero-order chi connectivity index (χ0) is 12.4. The van der Waals surface area contributed by atoms with Crippen LogP contribution in [0.15, 0.2) is 66.7 Å². The van der Waals surface area contributed by atoms with Gasteiger partial charge in [-0.25, -0.2) is 0 Å². The molecule has 18 heavy (non-hydrogen) atoms. The maximum Gasteiger partial charge on any atom is 0.119 e. The highest BCUT2D eigenvalue weighted by Crippen LogP contribution is 2.22. The molecule has 0 aliphatic rings. The third-order valence-electron chi connectivity index (χ3n) is 3.20. The molecule has 0 saturated carbocycles. The van der Waals surface area contributed by atoms with Gasteiger partial charge in [0.05, 0.1) is 0 Å². The molecular formula is C17H14O. The molecule has 0 aromatic heterocycles. The fourth-order valence-electron chi connectivity index (χ4n) is 2.23. The van der Waals surface area contributed by atoms with Gasteiger partial charge in [-0.05, 0) is 28.0 Å². The molecule has 0 spiro atoms. The molecule has 1 N–H and O–H groups in total. The first kappa shape index (κ1) is 10.8. The molecule has 3 rings (SSSR count). The summed E-state index contributed by atoms with van der Waals surface area (Å²) in [7, 11) is 0. The van der Waals surface area contributed by atoms with E-state index in [-0.39, 0.29) is 0 Å². The van der Waals surface area contributed by atoms with Crippen LogP contribution in [0.25, 0.3) is 10.8 Å². The first-order chi connectivity index (χ1) is 8.83. The molecule has 0 heterocycles. The molecule has 0 atom stereocenters. The van der Waals surface area contributed by atoms with E-state index >= 15 is 0 Å². The van der Waals surface area contributed by atoms with Gasteiger partial charge in [-0.2, -0.15) is 0 Å². The van der Waals surface area contributed by atoms with Crippen molar-refractivity contribution in [1.82, 2.24) is 0 Å². The second-order valence-electron chi connectivity index (χ2n) is 4.49. The molecule has 0 aliphatic heterocycles. The van der Waals surface area contributed by atoms with E-state index in [1.165, 1.54) is 16.3 Å². The van der Waals surface area contributed by atoms with E-state index < -0.39 is 0 Å². The Labute approximate surface area is 106 Å². The highest BCUT2D eigenvalue weighted by Gasteiger charge is 2.02. The van der Waals surface area contributed by atoms with Crippen LogP contribution >= 0.6 is 0 Å². The number of phenolic OH excluding ortho intramolecular Hbond substituents is 1. The Hall–Kier alpha value is -2.28. The van der Waals surface area contributed by atoms with Gasteiger partial charge in [-0.15, -0.1) is 0 Å². The molecule has 0 aliphatic carbocycles. The Morgan fingerprint density at radius 3 is 2.28 bits per heavy atom. The summed E-state index contributed by atoms with van der Waals surface area (Å²) in [6, 6.07) is 22.2. The SMILES string of the molecule is Oc1ccccc1Cc1ccc2ccccc2c1. The van der Waals surface area contributed by atoms with E-state index in [1.54, 1.807) is 6.07 Å². The first-order valence-electron chi connectivity index (χ1n) is 6.07. The van der Waals surface area contributed by atoms with Gasteiger partial charge in [0.2, 0.25) is 0 Å². The second-order valence-corrected chi connectivity index (χ2v) is 4.49. The Morgan fingerprint density at radius 1 is 0.722 bits per heavy atom. The highest BCUT2D eigenvalue weighted by molar-refractivity contribution is 5.83. The van der Waals surface area contributed by atoms with Crippen LogP contribution in [0.5, 0.6) is 5.75 Å². The summed E-state index contributed by atoms with van der Waals surface area (Å²) in [6.07, 6.45) is 0.761. The van der Waals surface area contributed by atoms with Crippen LogP contribution in [0, 0.1) is 0 Å². The minimum atomic E-state index is 0.366. The van der Waals surface area contributed by atoms with Crippen LogP contribution in [-0.2, 0) is 6.42 Å². The van der Waals surface area contributed by atoms with Gasteiger partial charge in [0.15, 0.2) is 0 Å². The molecule has 88 valence electrons. The molecule has 0 radical (unpaired) electrons. The van der Waals surface area contributed by atoms with Crippen LogP contribution in [0.1, 0.15) is 11.1 Å². The standard InChI is InChI=1S/C17H14O/c18-17-8-4-3-7-16(17)12-13-9-10-14-5-1-2-6-15(14)11-13/h1-11,18H,12H2. The van der Waals surface area contributed by atoms with E-state index in [0.717, 1.165) is 12.0 Å². The van der Waals surface area contributed by atoms with E-state index in [4.69, 9.17) is 0 Å². The highest BCUT2D eigenvalue weighted by atomic mass is 16.3. The summed E-state index contributed by atoms with van der Waals surface area (Å²) in [5.41, 5.74) is 2.18. The average molecular weight is 234 g/mol. The number of aromatic hydroxyl groups is 1. The lowest BCUT2D eigenvalue weighted by atomic mass is 10.0. The predicted molar refractivity (Wildman–Crippen MR) is 74.9 cm³/mol. The number of para-hydroxylation sites is 1. The molecule has 3 aromatic rings. The third kappa shape index (κ3) is 2.07. The Morgan fingerprint density at radius 2 is 1.44 bits per heavy atom. The van der Waals surface area contributed by atoms with Gasteiger partial charge in [-0.1, -0.05) is 60.7 Å². The van der Waals surface area contributed by atoms with Crippen LogP contribution in [0.3, 0.4) is 0 Å². The molecule has 1 nitrogen and oxygen atoms in total. The van der Waals surface area contributed by atoms with Gasteiger partial charge in [0.25, 0.3) is 0 Å². The zero-order valence-corrected chi connectivity index (χ0v) is 10.0. The van der Waals surface area contributed by atoms with Crippen LogP contribution in [-0.4, -0.2) is 5.11 Å². The van der Waals surface area contributed by atoms with Crippen molar-refractivity contribution in [2.24, 2.45) is 0 Å². The average Bonchev–Trinajstić information content (AvgIpc) is 2.41. The summed E-state index contributed by atoms with van der Waals surface area (Å²) in [4.78, 5) is 0. The van der Waals surface area contributed by atoms with Crippen LogP contribution < -0.4 is 0 Å². The fourth-order valence-corrected chi connectivity index (χ4v) is 2.23. The Kier molecular flexibility index (Phi) is 2.73. The van der Waals surface area contributed by atoms with Crippen LogP contribution in [0.2, 0.25) is 0 Å².